The fourth-order valence-electron chi connectivity index (χ4n) is 3.96. The molecule has 2 aliphatic heterocycles. The minimum Gasteiger partial charge on any atom is -0.368 e. The third kappa shape index (κ3) is 5.57. The van der Waals surface area contributed by atoms with Crippen molar-refractivity contribution in [2.75, 3.05) is 26.3 Å². The fourth-order valence-corrected chi connectivity index (χ4v) is 3.96. The number of nitrogens with two attached hydrogens (primary N) is 2. The van der Waals surface area contributed by atoms with Crippen molar-refractivity contribution in [3.05, 3.63) is 4.91 Å². The van der Waals surface area contributed by atoms with Crippen molar-refractivity contribution in [1.82, 2.24) is 9.80 Å². The zero-order valence-corrected chi connectivity index (χ0v) is 17.3. The summed E-state index contributed by atoms with van der Waals surface area (Å²) < 4.78 is 0. The second-order valence-electron chi connectivity index (χ2n) is 7.70. The van der Waals surface area contributed by atoms with Crippen molar-refractivity contribution < 1.29 is 33.9 Å². The van der Waals surface area contributed by atoms with Crippen LogP contribution in [0, 0.1) is 16.7 Å². The molecule has 4 atom stereocenters. The van der Waals surface area contributed by atoms with Crippen LogP contribution in [0.15, 0.2) is 0 Å². The second kappa shape index (κ2) is 10.2. The largest absolute Gasteiger partial charge is 0.477 e. The van der Waals surface area contributed by atoms with Gasteiger partial charge in [0.1, 0.15) is 17.0 Å². The molecule has 4 amide bonds. The quantitative estimate of drug-likeness (QED) is 0.370. The summed E-state index contributed by atoms with van der Waals surface area (Å²) >= 11 is 0. The van der Waals surface area contributed by atoms with E-state index in [1.165, 1.54) is 9.80 Å². The number of carbonyl (C=O) groups excluding carboxylic acids is 4. The van der Waals surface area contributed by atoms with Crippen LogP contribution in [0.1, 0.15) is 39.5 Å². The van der Waals surface area contributed by atoms with Crippen LogP contribution in [-0.2, 0) is 28.9 Å². The highest BCUT2D eigenvalue weighted by Crippen LogP contribution is 2.23. The predicted octanol–water partition coefficient (Wildman–Crippen LogP) is -1.15. The molecule has 2 unspecified atom stereocenters. The molecule has 2 heterocycles. The molecule has 12 nitrogen and oxygen atoms in total. The molecule has 0 aromatic rings. The van der Waals surface area contributed by atoms with Gasteiger partial charge in [-0.15, -0.1) is 0 Å². The lowest BCUT2D eigenvalue weighted by Gasteiger charge is -2.24. The summed E-state index contributed by atoms with van der Waals surface area (Å²) in [6, 6.07) is -1.34. The second-order valence-corrected chi connectivity index (χ2v) is 7.70. The number of likely N-dealkylation sites (tertiary alicyclic amines) is 2. The molecular formula is C18H30N5O7+. The van der Waals surface area contributed by atoms with E-state index in [1.54, 1.807) is 13.8 Å². The molecule has 2 fully saturated rings. The topological polar surface area (TPSA) is 165 Å². The Morgan fingerprint density at radius 1 is 0.933 bits per heavy atom. The lowest BCUT2D eigenvalue weighted by atomic mass is 10.1. The van der Waals surface area contributed by atoms with Gasteiger partial charge in [-0.1, -0.05) is 13.8 Å². The van der Waals surface area contributed by atoms with E-state index in [2.05, 4.69) is 0 Å². The van der Waals surface area contributed by atoms with E-state index in [4.69, 9.17) is 21.1 Å². The van der Waals surface area contributed by atoms with Gasteiger partial charge in [0.15, 0.2) is 13.2 Å². The van der Waals surface area contributed by atoms with Gasteiger partial charge in [0.2, 0.25) is 23.6 Å². The van der Waals surface area contributed by atoms with Gasteiger partial charge in [-0.3, -0.25) is 19.2 Å². The van der Waals surface area contributed by atoms with Gasteiger partial charge in [0.05, 0.1) is 0 Å². The van der Waals surface area contributed by atoms with Crippen LogP contribution in [0.25, 0.3) is 0 Å². The summed E-state index contributed by atoms with van der Waals surface area (Å²) in [6.45, 7) is 3.95. The van der Waals surface area contributed by atoms with Crippen LogP contribution in [0.5, 0.6) is 0 Å². The molecule has 12 heteroatoms. The van der Waals surface area contributed by atoms with Gasteiger partial charge in [-0.05, 0) is 12.8 Å². The summed E-state index contributed by atoms with van der Waals surface area (Å²) in [5.41, 5.74) is 10.6. The Bertz CT molecular complexity index is 644. The Hall–Kier alpha value is -2.92. The maximum Gasteiger partial charge on any atom is 0.477 e. The summed E-state index contributed by atoms with van der Waals surface area (Å²) in [5.74, 6) is -2.09. The molecule has 2 rings (SSSR count). The first kappa shape index (κ1) is 23.4. The molecule has 0 saturated carbocycles. The summed E-state index contributed by atoms with van der Waals surface area (Å²) in [4.78, 5) is 71.7. The monoisotopic (exact) mass is 428 g/mol. The third-order valence-corrected chi connectivity index (χ3v) is 5.49. The number of rotatable bonds is 12. The van der Waals surface area contributed by atoms with Crippen LogP contribution in [0.3, 0.4) is 0 Å². The molecule has 0 bridgehead atoms. The van der Waals surface area contributed by atoms with E-state index in [9.17, 15) is 24.1 Å². The van der Waals surface area contributed by atoms with Crippen molar-refractivity contribution in [2.24, 2.45) is 23.3 Å². The van der Waals surface area contributed by atoms with Crippen molar-refractivity contribution in [3.8, 4) is 0 Å². The number of amides is 4. The Labute approximate surface area is 174 Å². The number of primary amides is 2. The zero-order valence-electron chi connectivity index (χ0n) is 17.3. The van der Waals surface area contributed by atoms with Gasteiger partial charge in [-0.25, -0.2) is 0 Å². The highest BCUT2D eigenvalue weighted by Gasteiger charge is 2.39. The Balaban J connectivity index is 1.75. The van der Waals surface area contributed by atoms with E-state index >= 15 is 0 Å². The van der Waals surface area contributed by atoms with Crippen LogP contribution in [0.4, 0.5) is 0 Å². The average Bonchev–Trinajstić information content (AvgIpc) is 3.22. The first-order valence-corrected chi connectivity index (χ1v) is 10.1. The highest BCUT2D eigenvalue weighted by molar-refractivity contribution is 5.88. The van der Waals surface area contributed by atoms with E-state index in [1.807, 2.05) is 0 Å². The Morgan fingerprint density at radius 2 is 1.30 bits per heavy atom. The molecule has 168 valence electrons. The minimum atomic E-state index is -0.669. The van der Waals surface area contributed by atoms with Crippen LogP contribution >= 0.6 is 0 Å². The van der Waals surface area contributed by atoms with E-state index in [0.717, 1.165) is 0 Å². The Morgan fingerprint density at radius 3 is 1.60 bits per heavy atom. The van der Waals surface area contributed by atoms with Crippen LogP contribution in [-0.4, -0.2) is 76.9 Å². The normalized spacial score (nSPS) is 23.4. The smallest absolute Gasteiger partial charge is 0.368 e. The number of nitrogens with zero attached hydrogens (tertiary/aromatic N) is 3. The first-order valence-electron chi connectivity index (χ1n) is 10.1. The Kier molecular flexibility index (Phi) is 7.95. The van der Waals surface area contributed by atoms with Crippen LogP contribution in [0.2, 0.25) is 0 Å². The lowest BCUT2D eigenvalue weighted by molar-refractivity contribution is -0.982. The summed E-state index contributed by atoms with van der Waals surface area (Å²) in [6.07, 6.45) is 1.12. The standard InChI is InChI=1S/C18H29N5O7/c1-3-13(17(19)26)21-7-11(5-15(21)24)9-29-23(28)30-10-12-6-16(25)22(8-12)14(4-2)18(20)27/h11-14H,3-10H2,1-2H3,(H3-,19,20,26,27)/p+1/t11?,12?,13-,14-/m0/s1. The molecule has 0 spiro atoms. The van der Waals surface area contributed by atoms with Crippen molar-refractivity contribution >= 4 is 23.6 Å². The van der Waals surface area contributed by atoms with Gasteiger partial charge in [-0.2, -0.15) is 9.68 Å². The van der Waals surface area contributed by atoms with Gasteiger partial charge in [0, 0.05) is 37.8 Å². The SMILES string of the molecule is CC[C@@H](C(N)=O)N1CC(CO[N+](=O)OCC2CC(=O)N([C@@H](CC)C(N)=O)C2)CC1=O. The van der Waals surface area contributed by atoms with E-state index in [-0.39, 0.29) is 67.9 Å². The molecular weight excluding hydrogens is 398 g/mol. The van der Waals surface area contributed by atoms with Gasteiger partial charge >= 0.3 is 5.09 Å². The molecule has 2 saturated heterocycles. The molecule has 4 N–H and O–H groups in total. The van der Waals surface area contributed by atoms with E-state index in [0.29, 0.717) is 12.8 Å². The molecule has 0 aliphatic carbocycles. The molecule has 0 aromatic carbocycles. The number of hydrogen-bond donors (Lipinski definition) is 2. The lowest BCUT2D eigenvalue weighted by Crippen LogP contribution is -2.45. The molecule has 0 radical (unpaired) electrons. The summed E-state index contributed by atoms with van der Waals surface area (Å²) in [7, 11) is 0. The van der Waals surface area contributed by atoms with Crippen molar-refractivity contribution in [3.63, 3.8) is 0 Å². The van der Waals surface area contributed by atoms with Crippen molar-refractivity contribution in [2.45, 2.75) is 51.6 Å². The molecule has 30 heavy (non-hydrogen) atoms. The maximum atomic E-state index is 12.1. The average molecular weight is 428 g/mol. The molecule has 2 aliphatic rings. The zero-order chi connectivity index (χ0) is 22.4. The molecule has 0 aromatic heterocycles. The predicted molar refractivity (Wildman–Crippen MR) is 102 cm³/mol. The fraction of sp³-hybridized carbons (Fsp3) is 0.778. The van der Waals surface area contributed by atoms with E-state index < -0.39 is 23.9 Å². The minimum absolute atomic E-state index is 0.0307. The number of carbonyl (C=O) groups is 4. The summed E-state index contributed by atoms with van der Waals surface area (Å²) in [5, 5.41) is -0.0307. The first-order chi connectivity index (χ1) is 14.2. The van der Waals surface area contributed by atoms with Gasteiger partial charge < -0.3 is 21.3 Å². The van der Waals surface area contributed by atoms with Gasteiger partial charge in [0.25, 0.3) is 0 Å². The van der Waals surface area contributed by atoms with Crippen LogP contribution < -0.4 is 11.5 Å². The third-order valence-electron chi connectivity index (χ3n) is 5.49. The maximum absolute atomic E-state index is 12.1. The number of hydrogen-bond acceptors (Lipinski definition) is 7. The highest BCUT2D eigenvalue weighted by atomic mass is 17.0. The van der Waals surface area contributed by atoms with Crippen molar-refractivity contribution in [1.29, 1.82) is 0 Å².